The van der Waals surface area contributed by atoms with E-state index < -0.39 is 0 Å². The molecule has 0 amide bonds. The van der Waals surface area contributed by atoms with Crippen molar-refractivity contribution in [2.45, 2.75) is 0 Å². The van der Waals surface area contributed by atoms with E-state index in [0.29, 0.717) is 0 Å². The Labute approximate surface area is 284 Å². The van der Waals surface area contributed by atoms with E-state index in [1.54, 1.807) is 11.3 Å². The molecule has 0 aliphatic carbocycles. The van der Waals surface area contributed by atoms with Crippen molar-refractivity contribution in [2.24, 2.45) is 0 Å². The maximum atomic E-state index is 5.56. The lowest BCUT2D eigenvalue weighted by Crippen LogP contribution is -2.03. The van der Waals surface area contributed by atoms with Crippen molar-refractivity contribution in [2.75, 3.05) is 0 Å². The molecular formula is C42H21N3S3. The summed E-state index contributed by atoms with van der Waals surface area (Å²) < 4.78 is 9.93. The Balaban J connectivity index is 1.37. The summed E-state index contributed by atoms with van der Waals surface area (Å²) in [6, 6.07) is 46.3. The average Bonchev–Trinajstić information content (AvgIpc) is 3.90. The molecule has 0 saturated heterocycles. The zero-order valence-corrected chi connectivity index (χ0v) is 27.6. The first kappa shape index (κ1) is 25.7. The fraction of sp³-hybridized carbons (Fsp3) is 0. The Hall–Kier alpha value is -5.40. The number of hydrogen-bond acceptors (Lipinski definition) is 5. The van der Waals surface area contributed by atoms with Crippen LogP contribution in [0.5, 0.6) is 0 Å². The molecule has 5 aromatic heterocycles. The third-order valence-electron chi connectivity index (χ3n) is 9.94. The molecule has 0 N–H and O–H groups in total. The summed E-state index contributed by atoms with van der Waals surface area (Å²) in [5, 5.41) is 11.4. The van der Waals surface area contributed by atoms with Crippen molar-refractivity contribution in [3.05, 3.63) is 127 Å². The molecule has 0 bridgehead atoms. The predicted octanol–water partition coefficient (Wildman–Crippen LogP) is 12.9. The molecule has 7 aromatic carbocycles. The van der Waals surface area contributed by atoms with Gasteiger partial charge in [0.05, 0.1) is 36.3 Å². The average molecular weight is 664 g/mol. The quantitative estimate of drug-likeness (QED) is 0.172. The fourth-order valence-corrected chi connectivity index (χ4v) is 11.5. The second kappa shape index (κ2) is 9.14. The summed E-state index contributed by atoms with van der Waals surface area (Å²) in [6.45, 7) is 0. The molecule has 0 aliphatic heterocycles. The normalized spacial score (nSPS) is 12.6. The third kappa shape index (κ3) is 3.22. The van der Waals surface area contributed by atoms with Crippen molar-refractivity contribution >= 4 is 127 Å². The first-order valence-corrected chi connectivity index (χ1v) is 18.4. The van der Waals surface area contributed by atoms with E-state index in [-0.39, 0.29) is 0 Å². The monoisotopic (exact) mass is 663 g/mol. The van der Waals surface area contributed by atoms with Gasteiger partial charge in [-0.15, -0.1) is 34.0 Å². The molecule has 0 spiro atoms. The van der Waals surface area contributed by atoms with Gasteiger partial charge in [-0.2, -0.15) is 0 Å². The molecule has 6 heteroatoms. The molecule has 0 atom stereocenters. The topological polar surface area (TPSA) is 30.7 Å². The van der Waals surface area contributed by atoms with Crippen LogP contribution in [-0.2, 0) is 0 Å². The zero-order valence-electron chi connectivity index (χ0n) is 25.2. The van der Waals surface area contributed by atoms with Crippen molar-refractivity contribution in [3.63, 3.8) is 0 Å². The Morgan fingerprint density at radius 1 is 0.438 bits per heavy atom. The summed E-state index contributed by atoms with van der Waals surface area (Å²) >= 11 is 5.54. The Kier molecular flexibility index (Phi) is 4.89. The summed E-state index contributed by atoms with van der Waals surface area (Å²) in [6.07, 6.45) is 0. The van der Waals surface area contributed by atoms with Gasteiger partial charge in [0.25, 0.3) is 0 Å². The molecule has 0 unspecified atom stereocenters. The van der Waals surface area contributed by atoms with Crippen LogP contribution >= 0.6 is 34.0 Å². The summed E-state index contributed by atoms with van der Waals surface area (Å²) in [7, 11) is 0. The molecule has 12 rings (SSSR count). The maximum Gasteiger partial charge on any atom is 0.235 e. The highest BCUT2D eigenvalue weighted by Gasteiger charge is 2.27. The summed E-state index contributed by atoms with van der Waals surface area (Å²) in [5.74, 6) is 0.721. The predicted molar refractivity (Wildman–Crippen MR) is 209 cm³/mol. The minimum absolute atomic E-state index is 0.721. The SMILES string of the molecule is c1ccc(-c2nc(-n3c4c5sc6ccccc6c5cc5ccc6cc7c8ccccc8sc7c3c6c54)nc3c2sc2ccccc23)cc1. The van der Waals surface area contributed by atoms with E-state index >= 15 is 0 Å². The maximum absolute atomic E-state index is 5.56. The minimum atomic E-state index is 0.721. The van der Waals surface area contributed by atoms with Gasteiger partial charge in [0, 0.05) is 57.4 Å². The van der Waals surface area contributed by atoms with Gasteiger partial charge < -0.3 is 0 Å². The lowest BCUT2D eigenvalue weighted by atomic mass is 9.98. The van der Waals surface area contributed by atoms with Gasteiger partial charge in [0.15, 0.2) is 0 Å². The van der Waals surface area contributed by atoms with Crippen LogP contribution in [0.2, 0.25) is 0 Å². The minimum Gasteiger partial charge on any atom is -0.275 e. The van der Waals surface area contributed by atoms with Crippen molar-refractivity contribution in [1.82, 2.24) is 14.5 Å². The van der Waals surface area contributed by atoms with E-state index in [2.05, 4.69) is 132 Å². The Morgan fingerprint density at radius 2 is 0.938 bits per heavy atom. The third-order valence-corrected chi connectivity index (χ3v) is 13.5. The lowest BCUT2D eigenvalue weighted by Gasteiger charge is -2.11. The number of benzene rings is 7. The molecule has 48 heavy (non-hydrogen) atoms. The smallest absolute Gasteiger partial charge is 0.235 e. The number of fused-ring (bicyclic) bond motifs is 11. The fourth-order valence-electron chi connectivity index (χ4n) is 7.90. The molecule has 12 aromatic rings. The summed E-state index contributed by atoms with van der Waals surface area (Å²) in [5.41, 5.74) is 5.49. The second-order valence-corrected chi connectivity index (χ2v) is 15.7. The van der Waals surface area contributed by atoms with Crippen LogP contribution in [0.25, 0.3) is 110 Å². The highest BCUT2D eigenvalue weighted by atomic mass is 32.1. The van der Waals surface area contributed by atoms with Crippen LogP contribution in [0, 0.1) is 0 Å². The number of aromatic nitrogens is 3. The number of hydrogen-bond donors (Lipinski definition) is 0. The molecule has 5 heterocycles. The van der Waals surface area contributed by atoms with Crippen LogP contribution in [0.1, 0.15) is 0 Å². The van der Waals surface area contributed by atoms with Crippen LogP contribution in [0.4, 0.5) is 0 Å². The van der Waals surface area contributed by atoms with Crippen LogP contribution in [-0.4, -0.2) is 14.5 Å². The van der Waals surface area contributed by atoms with Crippen molar-refractivity contribution in [1.29, 1.82) is 0 Å². The van der Waals surface area contributed by atoms with Gasteiger partial charge in [0.1, 0.15) is 0 Å². The van der Waals surface area contributed by atoms with E-state index in [0.717, 1.165) is 27.4 Å². The van der Waals surface area contributed by atoms with Gasteiger partial charge in [-0.3, -0.25) is 4.57 Å². The highest BCUT2D eigenvalue weighted by Crippen LogP contribution is 2.51. The molecule has 3 nitrogen and oxygen atoms in total. The molecule has 0 fully saturated rings. The van der Waals surface area contributed by atoms with Crippen molar-refractivity contribution in [3.8, 4) is 17.2 Å². The van der Waals surface area contributed by atoms with Gasteiger partial charge in [-0.05, 0) is 41.1 Å². The molecule has 222 valence electrons. The van der Waals surface area contributed by atoms with Gasteiger partial charge in [-0.1, -0.05) is 97.1 Å². The van der Waals surface area contributed by atoms with Crippen molar-refractivity contribution < 1.29 is 0 Å². The molecule has 0 aliphatic rings. The van der Waals surface area contributed by atoms with E-state index in [1.807, 2.05) is 22.7 Å². The van der Waals surface area contributed by atoms with Gasteiger partial charge in [-0.25, -0.2) is 9.97 Å². The van der Waals surface area contributed by atoms with E-state index in [4.69, 9.17) is 9.97 Å². The van der Waals surface area contributed by atoms with Crippen LogP contribution in [0.15, 0.2) is 127 Å². The summed E-state index contributed by atoms with van der Waals surface area (Å²) in [4.78, 5) is 11.1. The Bertz CT molecular complexity index is 3150. The Morgan fingerprint density at radius 3 is 1.54 bits per heavy atom. The molecule has 0 radical (unpaired) electrons. The van der Waals surface area contributed by atoms with Gasteiger partial charge >= 0.3 is 0 Å². The van der Waals surface area contributed by atoms with E-state index in [1.165, 1.54) is 83.0 Å². The standard InChI is InChI=1S/C42H21N3S3/c1-2-10-22(11-3-1)35-41-36(27-14-6-9-17-32(27)48-41)44-42(43-35)45-37-33-23(20-28-25-12-4-7-15-30(25)46-39(28)37)18-19-24-21-29-26-13-5-8-16-31(26)47-40(29)38(45)34(24)33/h1-21H. The van der Waals surface area contributed by atoms with Gasteiger partial charge in [0.2, 0.25) is 5.95 Å². The number of thiophene rings is 3. The van der Waals surface area contributed by atoms with E-state index in [9.17, 15) is 0 Å². The van der Waals surface area contributed by atoms with Crippen LogP contribution < -0.4 is 0 Å². The molecule has 0 saturated carbocycles. The molecular weight excluding hydrogens is 643 g/mol. The number of nitrogens with zero attached hydrogens (tertiary/aromatic N) is 3. The largest absolute Gasteiger partial charge is 0.275 e. The first-order chi connectivity index (χ1) is 23.8. The second-order valence-electron chi connectivity index (χ2n) is 12.5. The first-order valence-electron chi connectivity index (χ1n) is 16.0. The lowest BCUT2D eigenvalue weighted by molar-refractivity contribution is 1.02. The van der Waals surface area contributed by atoms with Crippen LogP contribution in [0.3, 0.4) is 0 Å². The highest BCUT2D eigenvalue weighted by molar-refractivity contribution is 7.27. The zero-order chi connectivity index (χ0) is 31.1. The number of rotatable bonds is 2.